The standard InChI is InChI=1S/C17H27N7O10/c18-3-12(28)23-9(2-11(19)27)16(33)20-5-14(30)24-10(7-26)17(34)21-4-13(29)22-8(6-25)1-15(31)32/h6,8-10,26H,1-5,7,18H2,(H2,19,27)(H,20,33)(H,21,34)(H,22,29)(H,23,28)(H,24,30)(H,31,32)/t8-,9-,10-/m1/s1. The highest BCUT2D eigenvalue weighted by molar-refractivity contribution is 5.95. The molecule has 34 heavy (non-hydrogen) atoms. The van der Waals surface area contributed by atoms with E-state index in [1.807, 2.05) is 0 Å². The summed E-state index contributed by atoms with van der Waals surface area (Å²) in [7, 11) is 0. The lowest BCUT2D eigenvalue weighted by Crippen LogP contribution is -2.55. The second kappa shape index (κ2) is 15.6. The van der Waals surface area contributed by atoms with Gasteiger partial charge in [0.15, 0.2) is 0 Å². The number of carboxylic acid groups (broad SMARTS) is 1. The van der Waals surface area contributed by atoms with Gasteiger partial charge in [0, 0.05) is 0 Å². The molecule has 0 aliphatic heterocycles. The molecule has 17 heteroatoms. The molecule has 0 aliphatic carbocycles. The molecule has 0 rings (SSSR count). The van der Waals surface area contributed by atoms with E-state index in [-0.39, 0.29) is 6.29 Å². The van der Waals surface area contributed by atoms with Gasteiger partial charge in [-0.3, -0.25) is 33.6 Å². The van der Waals surface area contributed by atoms with E-state index in [1.54, 1.807) is 0 Å². The number of aldehydes is 1. The van der Waals surface area contributed by atoms with Gasteiger partial charge in [0.05, 0.1) is 45.1 Å². The second-order valence-electron chi connectivity index (χ2n) is 6.64. The maximum Gasteiger partial charge on any atom is 0.305 e. The number of primary amides is 1. The third-order valence-electron chi connectivity index (χ3n) is 3.83. The van der Waals surface area contributed by atoms with Gasteiger partial charge in [-0.2, -0.15) is 0 Å². The minimum absolute atomic E-state index is 0.203. The van der Waals surface area contributed by atoms with Gasteiger partial charge in [0.25, 0.3) is 0 Å². The van der Waals surface area contributed by atoms with E-state index in [1.165, 1.54) is 0 Å². The summed E-state index contributed by atoms with van der Waals surface area (Å²) in [4.78, 5) is 91.5. The lowest BCUT2D eigenvalue weighted by atomic mass is 10.2. The molecular formula is C17H27N7O10. The number of amides is 6. The first-order valence-corrected chi connectivity index (χ1v) is 9.63. The maximum atomic E-state index is 12.1. The average Bonchev–Trinajstić information content (AvgIpc) is 2.77. The number of aliphatic hydroxyl groups is 1. The van der Waals surface area contributed by atoms with Gasteiger partial charge in [-0.1, -0.05) is 0 Å². The third kappa shape index (κ3) is 12.7. The molecule has 190 valence electrons. The van der Waals surface area contributed by atoms with Crippen molar-refractivity contribution in [2.24, 2.45) is 11.5 Å². The highest BCUT2D eigenvalue weighted by Gasteiger charge is 2.25. The van der Waals surface area contributed by atoms with E-state index in [4.69, 9.17) is 16.6 Å². The Morgan fingerprint density at radius 1 is 0.794 bits per heavy atom. The van der Waals surface area contributed by atoms with Crippen LogP contribution in [0.3, 0.4) is 0 Å². The molecule has 0 saturated heterocycles. The summed E-state index contributed by atoms with van der Waals surface area (Å²) in [6, 6.07) is -4.24. The molecule has 17 nitrogen and oxygen atoms in total. The summed E-state index contributed by atoms with van der Waals surface area (Å²) < 4.78 is 0. The van der Waals surface area contributed by atoms with Crippen LogP contribution >= 0.6 is 0 Å². The molecule has 3 atom stereocenters. The number of carboxylic acids is 1. The van der Waals surface area contributed by atoms with Gasteiger partial charge in [0.1, 0.15) is 18.4 Å². The number of hydrogen-bond donors (Lipinski definition) is 9. The first kappa shape index (κ1) is 29.9. The largest absolute Gasteiger partial charge is 0.481 e. The molecule has 0 heterocycles. The van der Waals surface area contributed by atoms with Crippen molar-refractivity contribution in [3.05, 3.63) is 0 Å². The summed E-state index contributed by atoms with van der Waals surface area (Å²) in [5, 5.41) is 28.4. The van der Waals surface area contributed by atoms with Crippen LogP contribution in [-0.4, -0.2) is 102 Å². The van der Waals surface area contributed by atoms with Crippen LogP contribution in [0.25, 0.3) is 0 Å². The molecule has 0 aromatic carbocycles. The molecule has 0 fully saturated rings. The molecule has 0 spiro atoms. The number of rotatable bonds is 16. The molecule has 0 bridgehead atoms. The first-order valence-electron chi connectivity index (χ1n) is 9.63. The predicted molar refractivity (Wildman–Crippen MR) is 110 cm³/mol. The van der Waals surface area contributed by atoms with E-state index < -0.39 is 98.6 Å². The summed E-state index contributed by atoms with van der Waals surface area (Å²) in [6.45, 7) is -2.77. The van der Waals surface area contributed by atoms with Crippen molar-refractivity contribution in [3.63, 3.8) is 0 Å². The van der Waals surface area contributed by atoms with Crippen LogP contribution in [0.2, 0.25) is 0 Å². The molecular weight excluding hydrogens is 462 g/mol. The van der Waals surface area contributed by atoms with Crippen molar-refractivity contribution in [1.29, 1.82) is 0 Å². The zero-order valence-corrected chi connectivity index (χ0v) is 17.9. The summed E-state index contributed by atoms with van der Waals surface area (Å²) in [6.07, 6.45) is -1.03. The average molecular weight is 489 g/mol. The normalized spacial score (nSPS) is 12.8. The molecule has 0 aromatic rings. The SMILES string of the molecule is NCC(=O)N[C@H](CC(N)=O)C(=O)NCC(=O)N[C@H](CO)C(=O)NCC(=O)N[C@@H](C=O)CC(=O)O. The number of nitrogens with two attached hydrogens (primary N) is 2. The highest BCUT2D eigenvalue weighted by Crippen LogP contribution is 1.93. The topological polar surface area (TPSA) is 289 Å². The Hall–Kier alpha value is -4.12. The van der Waals surface area contributed by atoms with E-state index >= 15 is 0 Å². The fourth-order valence-corrected chi connectivity index (χ4v) is 2.26. The Labute approximate surface area is 192 Å². The van der Waals surface area contributed by atoms with Crippen LogP contribution in [-0.2, 0) is 38.4 Å². The van der Waals surface area contributed by atoms with Crippen molar-refractivity contribution in [2.45, 2.75) is 31.0 Å². The fraction of sp³-hybridized carbons (Fsp3) is 0.529. The summed E-state index contributed by atoms with van der Waals surface area (Å²) in [5.74, 6) is -6.79. The van der Waals surface area contributed by atoms with Gasteiger partial charge >= 0.3 is 5.97 Å². The zero-order valence-electron chi connectivity index (χ0n) is 17.9. The third-order valence-corrected chi connectivity index (χ3v) is 3.83. The van der Waals surface area contributed by atoms with Gasteiger partial charge in [-0.05, 0) is 0 Å². The maximum absolute atomic E-state index is 12.1. The zero-order chi connectivity index (χ0) is 26.3. The van der Waals surface area contributed by atoms with Crippen LogP contribution < -0.4 is 38.1 Å². The number of hydrogen-bond acceptors (Lipinski definition) is 10. The van der Waals surface area contributed by atoms with Crippen LogP contribution in [0, 0.1) is 0 Å². The lowest BCUT2D eigenvalue weighted by Gasteiger charge is -2.18. The molecule has 0 aliphatic rings. The number of carbonyl (C=O) groups excluding carboxylic acids is 7. The number of carbonyl (C=O) groups is 8. The van der Waals surface area contributed by atoms with Crippen molar-refractivity contribution in [2.75, 3.05) is 26.2 Å². The van der Waals surface area contributed by atoms with E-state index in [9.17, 15) is 43.5 Å². The monoisotopic (exact) mass is 489 g/mol. The van der Waals surface area contributed by atoms with Gasteiger partial charge in [-0.15, -0.1) is 0 Å². The number of nitrogens with one attached hydrogen (secondary N) is 5. The Morgan fingerprint density at radius 3 is 1.74 bits per heavy atom. The molecule has 6 amide bonds. The Morgan fingerprint density at radius 2 is 1.29 bits per heavy atom. The molecule has 0 radical (unpaired) electrons. The Balaban J connectivity index is 4.69. The van der Waals surface area contributed by atoms with Crippen molar-refractivity contribution in [1.82, 2.24) is 26.6 Å². The lowest BCUT2D eigenvalue weighted by molar-refractivity contribution is -0.139. The van der Waals surface area contributed by atoms with E-state index in [2.05, 4.69) is 26.6 Å². The van der Waals surface area contributed by atoms with Gasteiger partial charge < -0.3 is 53.1 Å². The molecule has 0 unspecified atom stereocenters. The van der Waals surface area contributed by atoms with Gasteiger partial charge in [0.2, 0.25) is 35.4 Å². The highest BCUT2D eigenvalue weighted by atomic mass is 16.4. The van der Waals surface area contributed by atoms with Crippen LogP contribution in [0.5, 0.6) is 0 Å². The van der Waals surface area contributed by atoms with Crippen LogP contribution in [0.1, 0.15) is 12.8 Å². The number of aliphatic carboxylic acids is 1. The van der Waals surface area contributed by atoms with Crippen LogP contribution in [0.4, 0.5) is 0 Å². The van der Waals surface area contributed by atoms with Gasteiger partial charge in [-0.25, -0.2) is 0 Å². The molecule has 11 N–H and O–H groups in total. The summed E-state index contributed by atoms with van der Waals surface area (Å²) >= 11 is 0. The summed E-state index contributed by atoms with van der Waals surface area (Å²) in [5.41, 5.74) is 10.1. The minimum atomic E-state index is -1.53. The van der Waals surface area contributed by atoms with E-state index in [0.29, 0.717) is 0 Å². The number of aliphatic hydroxyl groups excluding tert-OH is 1. The molecule has 0 aromatic heterocycles. The Kier molecular flexibility index (Phi) is 13.7. The molecule has 0 saturated carbocycles. The minimum Gasteiger partial charge on any atom is -0.481 e. The second-order valence-corrected chi connectivity index (χ2v) is 6.64. The smallest absolute Gasteiger partial charge is 0.305 e. The predicted octanol–water partition coefficient (Wildman–Crippen LogP) is -6.83. The van der Waals surface area contributed by atoms with E-state index in [0.717, 1.165) is 0 Å². The Bertz CT molecular complexity index is 804. The van der Waals surface area contributed by atoms with Crippen molar-refractivity contribution in [3.8, 4) is 0 Å². The quantitative estimate of drug-likeness (QED) is 0.0918. The van der Waals surface area contributed by atoms with Crippen molar-refractivity contribution >= 4 is 47.7 Å². The van der Waals surface area contributed by atoms with Crippen molar-refractivity contribution < 1.29 is 48.6 Å². The first-order chi connectivity index (χ1) is 15.9. The fourth-order valence-electron chi connectivity index (χ4n) is 2.26. The van der Waals surface area contributed by atoms with Crippen LogP contribution in [0.15, 0.2) is 0 Å².